The van der Waals surface area contributed by atoms with E-state index in [1.54, 1.807) is 0 Å². The second-order valence-corrected chi connectivity index (χ2v) is 5.40. The molecule has 2 aliphatic carbocycles. The summed E-state index contributed by atoms with van der Waals surface area (Å²) in [5.41, 5.74) is 0. The number of amides is 1. The molecular formula is C11H18ClNO. The van der Waals surface area contributed by atoms with Crippen molar-refractivity contribution < 1.29 is 4.79 Å². The molecule has 14 heavy (non-hydrogen) atoms. The number of nitrogens with zero attached hydrogens (tertiary/aromatic N) is 1. The van der Waals surface area contributed by atoms with Crippen LogP contribution < -0.4 is 0 Å². The molecule has 0 N–H and O–H groups in total. The summed E-state index contributed by atoms with van der Waals surface area (Å²) in [6.07, 6.45) is 5.61. The van der Waals surface area contributed by atoms with Crippen molar-refractivity contribution in [2.75, 3.05) is 13.6 Å². The summed E-state index contributed by atoms with van der Waals surface area (Å²) in [6, 6.07) is 0. The Kier molecular flexibility index (Phi) is 3.01. The Morgan fingerprint density at radius 2 is 2.07 bits per heavy atom. The van der Waals surface area contributed by atoms with Crippen LogP contribution in [0.4, 0.5) is 0 Å². The molecule has 3 heteroatoms. The van der Waals surface area contributed by atoms with Gasteiger partial charge >= 0.3 is 0 Å². The monoisotopic (exact) mass is 215 g/mol. The van der Waals surface area contributed by atoms with Gasteiger partial charge in [-0.25, -0.2) is 0 Å². The molecule has 0 aliphatic heterocycles. The van der Waals surface area contributed by atoms with Crippen molar-refractivity contribution in [1.29, 1.82) is 0 Å². The molecule has 0 aromatic heterocycles. The number of carbonyl (C=O) groups excluding carboxylic acids is 1. The topological polar surface area (TPSA) is 20.3 Å². The van der Waals surface area contributed by atoms with Gasteiger partial charge in [-0.3, -0.25) is 4.79 Å². The molecule has 0 radical (unpaired) electrons. The third-order valence-corrected chi connectivity index (χ3v) is 3.90. The van der Waals surface area contributed by atoms with E-state index in [9.17, 15) is 4.79 Å². The lowest BCUT2D eigenvalue weighted by atomic mass is 9.82. The van der Waals surface area contributed by atoms with Gasteiger partial charge in [0.25, 0.3) is 0 Å². The molecule has 2 nitrogen and oxygen atoms in total. The first-order valence-corrected chi connectivity index (χ1v) is 5.99. The van der Waals surface area contributed by atoms with Crippen LogP contribution in [0.3, 0.4) is 0 Å². The van der Waals surface area contributed by atoms with E-state index in [1.807, 2.05) is 11.9 Å². The van der Waals surface area contributed by atoms with Crippen molar-refractivity contribution in [3.63, 3.8) is 0 Å². The van der Waals surface area contributed by atoms with Crippen molar-refractivity contribution in [2.24, 2.45) is 11.8 Å². The van der Waals surface area contributed by atoms with Crippen LogP contribution in [0.1, 0.15) is 32.1 Å². The number of alkyl halides is 1. The Balaban J connectivity index is 1.71. The third-order valence-electron chi connectivity index (χ3n) is 3.54. The first kappa shape index (κ1) is 10.3. The fraction of sp³-hybridized carbons (Fsp3) is 0.909. The van der Waals surface area contributed by atoms with Crippen molar-refractivity contribution in [3.05, 3.63) is 0 Å². The Bertz CT molecular complexity index is 221. The summed E-state index contributed by atoms with van der Waals surface area (Å²) >= 11 is 5.90. The quantitative estimate of drug-likeness (QED) is 0.662. The van der Waals surface area contributed by atoms with Gasteiger partial charge in [-0.2, -0.15) is 0 Å². The standard InChI is InChI=1S/C11H18ClNO/c1-13(7-8-5-10(12)6-8)11(14)9-3-2-4-9/h8-10H,2-7H2,1H3. The van der Waals surface area contributed by atoms with Gasteiger partial charge in [0.2, 0.25) is 5.91 Å². The molecule has 0 atom stereocenters. The highest BCUT2D eigenvalue weighted by molar-refractivity contribution is 6.21. The summed E-state index contributed by atoms with van der Waals surface area (Å²) in [5, 5.41) is 0.368. The van der Waals surface area contributed by atoms with E-state index in [4.69, 9.17) is 11.6 Å². The van der Waals surface area contributed by atoms with Gasteiger partial charge in [0, 0.05) is 24.9 Å². The number of hydrogen-bond donors (Lipinski definition) is 0. The molecule has 2 saturated carbocycles. The molecule has 0 aromatic rings. The van der Waals surface area contributed by atoms with Crippen LogP contribution in [0.5, 0.6) is 0 Å². The molecule has 0 saturated heterocycles. The Morgan fingerprint density at radius 1 is 1.43 bits per heavy atom. The Hall–Kier alpha value is -0.240. The van der Waals surface area contributed by atoms with Gasteiger partial charge in [-0.05, 0) is 31.6 Å². The van der Waals surface area contributed by atoms with Gasteiger partial charge in [-0.15, -0.1) is 11.6 Å². The van der Waals surface area contributed by atoms with E-state index >= 15 is 0 Å². The minimum Gasteiger partial charge on any atom is -0.345 e. The largest absolute Gasteiger partial charge is 0.345 e. The lowest BCUT2D eigenvalue weighted by Crippen LogP contribution is -2.42. The molecule has 0 heterocycles. The maximum absolute atomic E-state index is 11.8. The number of carbonyl (C=O) groups is 1. The van der Waals surface area contributed by atoms with E-state index < -0.39 is 0 Å². The van der Waals surface area contributed by atoms with E-state index in [1.165, 1.54) is 6.42 Å². The summed E-state index contributed by atoms with van der Waals surface area (Å²) in [4.78, 5) is 13.7. The highest BCUT2D eigenvalue weighted by Crippen LogP contribution is 2.33. The van der Waals surface area contributed by atoms with Crippen LogP contribution in [0.15, 0.2) is 0 Å². The summed E-state index contributed by atoms with van der Waals surface area (Å²) in [7, 11) is 1.93. The minimum atomic E-state index is 0.340. The summed E-state index contributed by atoms with van der Waals surface area (Å²) < 4.78 is 0. The zero-order valence-corrected chi connectivity index (χ0v) is 9.46. The minimum absolute atomic E-state index is 0.340. The number of hydrogen-bond acceptors (Lipinski definition) is 1. The van der Waals surface area contributed by atoms with Gasteiger partial charge in [-0.1, -0.05) is 6.42 Å². The predicted molar refractivity (Wildman–Crippen MR) is 57.3 cm³/mol. The van der Waals surface area contributed by atoms with E-state index in [-0.39, 0.29) is 0 Å². The average Bonchev–Trinajstić information content (AvgIpc) is 1.98. The Labute approximate surface area is 90.6 Å². The first-order chi connectivity index (χ1) is 6.66. The van der Waals surface area contributed by atoms with Gasteiger partial charge in [0.1, 0.15) is 0 Å². The van der Waals surface area contributed by atoms with Crippen LogP contribution in [0, 0.1) is 11.8 Å². The number of halogens is 1. The van der Waals surface area contributed by atoms with Crippen LogP contribution >= 0.6 is 11.6 Å². The smallest absolute Gasteiger partial charge is 0.225 e. The third kappa shape index (κ3) is 2.05. The van der Waals surface area contributed by atoms with Crippen LogP contribution in [0.2, 0.25) is 0 Å². The molecular weight excluding hydrogens is 198 g/mol. The zero-order valence-electron chi connectivity index (χ0n) is 8.71. The molecule has 1 amide bonds. The molecule has 0 bridgehead atoms. The fourth-order valence-electron chi connectivity index (χ4n) is 2.25. The highest BCUT2D eigenvalue weighted by Gasteiger charge is 2.32. The normalized spacial score (nSPS) is 31.9. The van der Waals surface area contributed by atoms with Crippen molar-refractivity contribution in [1.82, 2.24) is 4.90 Å². The SMILES string of the molecule is CN(CC1CC(Cl)C1)C(=O)C1CCC1. The molecule has 2 rings (SSSR count). The van der Waals surface area contributed by atoms with Crippen molar-refractivity contribution in [3.8, 4) is 0 Å². The summed E-state index contributed by atoms with van der Waals surface area (Å²) in [5.74, 6) is 1.35. The summed E-state index contributed by atoms with van der Waals surface area (Å²) in [6.45, 7) is 0.915. The molecule has 2 fully saturated rings. The first-order valence-electron chi connectivity index (χ1n) is 5.56. The van der Waals surface area contributed by atoms with E-state index in [0.717, 1.165) is 32.2 Å². The Morgan fingerprint density at radius 3 is 2.50 bits per heavy atom. The maximum Gasteiger partial charge on any atom is 0.225 e. The van der Waals surface area contributed by atoms with Crippen LogP contribution in [-0.4, -0.2) is 29.8 Å². The molecule has 0 aromatic carbocycles. The lowest BCUT2D eigenvalue weighted by molar-refractivity contribution is -0.137. The van der Waals surface area contributed by atoms with Gasteiger partial charge in [0.05, 0.1) is 0 Å². The average molecular weight is 216 g/mol. The van der Waals surface area contributed by atoms with E-state index in [2.05, 4.69) is 0 Å². The van der Waals surface area contributed by atoms with E-state index in [0.29, 0.717) is 23.1 Å². The second-order valence-electron chi connectivity index (χ2n) is 4.78. The highest BCUT2D eigenvalue weighted by atomic mass is 35.5. The van der Waals surface area contributed by atoms with Gasteiger partial charge in [0.15, 0.2) is 0 Å². The molecule has 80 valence electrons. The molecule has 0 unspecified atom stereocenters. The predicted octanol–water partition coefficient (Wildman–Crippen LogP) is 2.26. The second kappa shape index (κ2) is 4.09. The van der Waals surface area contributed by atoms with Crippen LogP contribution in [-0.2, 0) is 4.79 Å². The maximum atomic E-state index is 11.8. The zero-order chi connectivity index (χ0) is 10.1. The lowest BCUT2D eigenvalue weighted by Gasteiger charge is -2.36. The van der Waals surface area contributed by atoms with Gasteiger partial charge < -0.3 is 4.90 Å². The number of rotatable bonds is 3. The van der Waals surface area contributed by atoms with Crippen molar-refractivity contribution in [2.45, 2.75) is 37.5 Å². The van der Waals surface area contributed by atoms with Crippen molar-refractivity contribution >= 4 is 17.5 Å². The molecule has 0 spiro atoms. The molecule has 2 aliphatic rings. The fourth-order valence-corrected chi connectivity index (χ4v) is 2.75. The van der Waals surface area contributed by atoms with Crippen LogP contribution in [0.25, 0.3) is 0 Å².